The largest absolute Gasteiger partial charge is 0.489 e. The maximum atomic E-state index is 8.84. The van der Waals surface area contributed by atoms with Crippen LogP contribution in [0.5, 0.6) is 5.75 Å². The second-order valence-corrected chi connectivity index (χ2v) is 4.05. The Morgan fingerprint density at radius 1 is 1.38 bits per heavy atom. The number of hydrogen-bond donors (Lipinski definition) is 3. The highest BCUT2D eigenvalue weighted by atomic mass is 127. The molecule has 0 unspecified atom stereocenters. The predicted octanol–water partition coefficient (Wildman–Crippen LogP) is 1.92. The molecular weight excluding hydrogens is 381 g/mol. The van der Waals surface area contributed by atoms with Crippen LogP contribution in [0, 0.1) is 0 Å². The smallest absolute Gasteiger partial charge is 0.191 e. The van der Waals surface area contributed by atoms with E-state index in [1.165, 1.54) is 0 Å². The number of aliphatic hydroxyl groups excluding tert-OH is 1. The van der Waals surface area contributed by atoms with Crippen molar-refractivity contribution in [2.45, 2.75) is 13.5 Å². The number of guanidine groups is 1. The summed E-state index contributed by atoms with van der Waals surface area (Å²) < 4.78 is 5.59. The van der Waals surface area contributed by atoms with Crippen molar-refractivity contribution in [3.8, 4) is 5.75 Å². The van der Waals surface area contributed by atoms with E-state index in [0.717, 1.165) is 17.9 Å². The number of benzene rings is 1. The van der Waals surface area contributed by atoms with Crippen LogP contribution in [0.2, 0.25) is 0 Å². The van der Waals surface area contributed by atoms with Crippen LogP contribution in [0.15, 0.2) is 41.9 Å². The second kappa shape index (κ2) is 12.5. The van der Waals surface area contributed by atoms with E-state index in [4.69, 9.17) is 9.84 Å². The van der Waals surface area contributed by atoms with Gasteiger partial charge in [-0.05, 0) is 13.0 Å². The molecule has 0 aliphatic heterocycles. The minimum atomic E-state index is 0. The molecule has 0 amide bonds. The van der Waals surface area contributed by atoms with Gasteiger partial charge in [0.2, 0.25) is 0 Å². The summed E-state index contributed by atoms with van der Waals surface area (Å²) in [6, 6.07) is 7.79. The Morgan fingerprint density at radius 2 is 2.14 bits per heavy atom. The number of nitrogens with zero attached hydrogens (tertiary/aromatic N) is 1. The molecule has 0 aliphatic rings. The molecular formula is C15H24IN3O2. The van der Waals surface area contributed by atoms with E-state index >= 15 is 0 Å². The molecule has 6 heteroatoms. The van der Waals surface area contributed by atoms with Crippen LogP contribution in [0.4, 0.5) is 0 Å². The third-order valence-electron chi connectivity index (χ3n) is 2.49. The highest BCUT2D eigenvalue weighted by molar-refractivity contribution is 14.0. The first-order valence-electron chi connectivity index (χ1n) is 6.76. The first-order valence-corrected chi connectivity index (χ1v) is 6.76. The van der Waals surface area contributed by atoms with Gasteiger partial charge in [-0.3, -0.25) is 0 Å². The SMILES string of the molecule is C=CCOc1ccccc1CN=C(NCC)NCCO.I. The van der Waals surface area contributed by atoms with E-state index in [1.54, 1.807) is 6.08 Å². The lowest BCUT2D eigenvalue weighted by atomic mass is 10.2. The van der Waals surface area contributed by atoms with Gasteiger partial charge in [-0.2, -0.15) is 0 Å². The molecule has 1 rings (SSSR count). The molecule has 1 aromatic rings. The van der Waals surface area contributed by atoms with Crippen LogP contribution < -0.4 is 15.4 Å². The molecule has 21 heavy (non-hydrogen) atoms. The summed E-state index contributed by atoms with van der Waals surface area (Å²) in [5.74, 6) is 1.49. The van der Waals surface area contributed by atoms with Crippen LogP contribution in [0.3, 0.4) is 0 Å². The summed E-state index contributed by atoms with van der Waals surface area (Å²) in [6.45, 7) is 7.94. The second-order valence-electron chi connectivity index (χ2n) is 4.05. The van der Waals surface area contributed by atoms with Gasteiger partial charge in [-0.1, -0.05) is 30.9 Å². The number of aliphatic imine (C=N–C) groups is 1. The summed E-state index contributed by atoms with van der Waals surface area (Å²) in [4.78, 5) is 4.47. The molecule has 0 atom stereocenters. The number of halogens is 1. The number of rotatable bonds is 8. The van der Waals surface area contributed by atoms with Gasteiger partial charge in [0.25, 0.3) is 0 Å². The van der Waals surface area contributed by atoms with Crippen LogP contribution in [0.25, 0.3) is 0 Å². The van der Waals surface area contributed by atoms with Crippen LogP contribution in [-0.4, -0.2) is 37.4 Å². The van der Waals surface area contributed by atoms with Gasteiger partial charge in [0, 0.05) is 18.7 Å². The minimum Gasteiger partial charge on any atom is -0.489 e. The van der Waals surface area contributed by atoms with Crippen molar-refractivity contribution >= 4 is 29.9 Å². The fourth-order valence-electron chi connectivity index (χ4n) is 1.60. The molecule has 0 saturated heterocycles. The quantitative estimate of drug-likeness (QED) is 0.268. The van der Waals surface area contributed by atoms with E-state index in [-0.39, 0.29) is 30.6 Å². The number of para-hydroxylation sites is 1. The van der Waals surface area contributed by atoms with Crippen molar-refractivity contribution < 1.29 is 9.84 Å². The number of aliphatic hydroxyl groups is 1. The fraction of sp³-hybridized carbons (Fsp3) is 0.400. The average molecular weight is 405 g/mol. The Morgan fingerprint density at radius 3 is 2.81 bits per heavy atom. The third kappa shape index (κ3) is 7.91. The average Bonchev–Trinajstić information content (AvgIpc) is 2.48. The van der Waals surface area contributed by atoms with Crippen LogP contribution in [-0.2, 0) is 6.54 Å². The van der Waals surface area contributed by atoms with Gasteiger partial charge >= 0.3 is 0 Å². The minimum absolute atomic E-state index is 0. The lowest BCUT2D eigenvalue weighted by Crippen LogP contribution is -2.38. The van der Waals surface area contributed by atoms with E-state index in [2.05, 4.69) is 22.2 Å². The zero-order valence-corrected chi connectivity index (χ0v) is 14.7. The summed E-state index contributed by atoms with van der Waals surface area (Å²) in [6.07, 6.45) is 1.72. The van der Waals surface area contributed by atoms with Gasteiger partial charge in [0.05, 0.1) is 13.2 Å². The third-order valence-corrected chi connectivity index (χ3v) is 2.49. The molecule has 0 spiro atoms. The van der Waals surface area contributed by atoms with E-state index < -0.39 is 0 Å². The molecule has 1 aromatic carbocycles. The summed E-state index contributed by atoms with van der Waals surface area (Å²) in [5.41, 5.74) is 1.01. The Labute approximate surface area is 143 Å². The Hall–Kier alpha value is -1.28. The highest BCUT2D eigenvalue weighted by Gasteiger charge is 2.02. The highest BCUT2D eigenvalue weighted by Crippen LogP contribution is 2.18. The summed E-state index contributed by atoms with van der Waals surface area (Å²) in [7, 11) is 0. The first kappa shape index (κ1) is 19.7. The lowest BCUT2D eigenvalue weighted by molar-refractivity contribution is 0.300. The van der Waals surface area contributed by atoms with Gasteiger partial charge in [-0.25, -0.2) is 4.99 Å². The molecule has 0 bridgehead atoms. The van der Waals surface area contributed by atoms with Gasteiger partial charge in [-0.15, -0.1) is 24.0 Å². The van der Waals surface area contributed by atoms with Crippen molar-refractivity contribution in [3.05, 3.63) is 42.5 Å². The Bertz CT molecular complexity index is 439. The van der Waals surface area contributed by atoms with Crippen LogP contribution in [0.1, 0.15) is 12.5 Å². The number of ether oxygens (including phenoxy) is 1. The molecule has 0 aliphatic carbocycles. The van der Waals surface area contributed by atoms with E-state index in [9.17, 15) is 0 Å². The normalized spacial score (nSPS) is 10.5. The summed E-state index contributed by atoms with van der Waals surface area (Å²) >= 11 is 0. The molecule has 0 aromatic heterocycles. The number of nitrogens with one attached hydrogen (secondary N) is 2. The standard InChI is InChI=1S/C15H23N3O2.HI/c1-3-11-20-14-8-6-5-7-13(14)12-18-15(16-4-2)17-9-10-19;/h3,5-8,19H,1,4,9-12H2,2H3,(H2,16,17,18);1H. The molecule has 5 nitrogen and oxygen atoms in total. The molecule has 0 saturated carbocycles. The maximum Gasteiger partial charge on any atom is 0.191 e. The van der Waals surface area contributed by atoms with Gasteiger partial charge in [0.15, 0.2) is 5.96 Å². The van der Waals surface area contributed by atoms with Crippen molar-refractivity contribution in [2.24, 2.45) is 4.99 Å². The summed E-state index contributed by atoms with van der Waals surface area (Å²) in [5, 5.41) is 15.0. The first-order chi connectivity index (χ1) is 9.81. The zero-order chi connectivity index (χ0) is 14.6. The Balaban J connectivity index is 0.00000400. The van der Waals surface area contributed by atoms with Gasteiger partial charge in [0.1, 0.15) is 12.4 Å². The van der Waals surface area contributed by atoms with Crippen molar-refractivity contribution in [1.82, 2.24) is 10.6 Å². The van der Waals surface area contributed by atoms with E-state index in [0.29, 0.717) is 25.7 Å². The fourth-order valence-corrected chi connectivity index (χ4v) is 1.60. The van der Waals surface area contributed by atoms with Crippen molar-refractivity contribution in [3.63, 3.8) is 0 Å². The molecule has 0 radical (unpaired) electrons. The Kier molecular flexibility index (Phi) is 11.7. The topological polar surface area (TPSA) is 65.9 Å². The van der Waals surface area contributed by atoms with Crippen molar-refractivity contribution in [2.75, 3.05) is 26.3 Å². The zero-order valence-electron chi connectivity index (χ0n) is 12.3. The monoisotopic (exact) mass is 405 g/mol. The molecule has 0 fully saturated rings. The molecule has 0 heterocycles. The number of hydrogen-bond acceptors (Lipinski definition) is 3. The van der Waals surface area contributed by atoms with Crippen LogP contribution >= 0.6 is 24.0 Å². The van der Waals surface area contributed by atoms with Crippen molar-refractivity contribution in [1.29, 1.82) is 0 Å². The van der Waals surface area contributed by atoms with Gasteiger partial charge < -0.3 is 20.5 Å². The predicted molar refractivity (Wildman–Crippen MR) is 97.5 cm³/mol. The molecule has 118 valence electrons. The maximum absolute atomic E-state index is 8.84. The van der Waals surface area contributed by atoms with E-state index in [1.807, 2.05) is 31.2 Å². The molecule has 3 N–H and O–H groups in total. The lowest BCUT2D eigenvalue weighted by Gasteiger charge is -2.11.